The van der Waals surface area contributed by atoms with E-state index >= 15 is 0 Å². The van der Waals surface area contributed by atoms with Crippen LogP contribution in [-0.2, 0) is 19.4 Å². The number of hydrogen-bond acceptors (Lipinski definition) is 8. The molecule has 10 heteroatoms. The third kappa shape index (κ3) is 3.03. The second-order valence-corrected chi connectivity index (χ2v) is 12.0. The highest BCUT2D eigenvalue weighted by Crippen LogP contribution is 2.54. The standard InChI is InChI=1S/C19H25N3O4S3/c1-8-9-19(26-7)16(27)22-12(14(23)18(4,5)6)10(2)13(29(24,25)17(19)22)15-21-20-11(3)28-15/h8,13,17H,1,9H2,2-7H3/t13?,17-,19-/m1/s1. The smallest absolute Gasteiger partial charge is 0.188 e. The van der Waals surface area contributed by atoms with Crippen LogP contribution in [-0.4, -0.2) is 52.4 Å². The maximum Gasteiger partial charge on any atom is 0.188 e. The summed E-state index contributed by atoms with van der Waals surface area (Å²) in [5.74, 6) is -0.174. The van der Waals surface area contributed by atoms with Gasteiger partial charge in [0.05, 0.1) is 5.70 Å². The largest absolute Gasteiger partial charge is 0.367 e. The highest BCUT2D eigenvalue weighted by Gasteiger charge is 2.69. The fraction of sp³-hybridized carbons (Fsp3) is 0.579. The number of aryl methyl sites for hydroxylation is 1. The summed E-state index contributed by atoms with van der Waals surface area (Å²) in [6.45, 7) is 12.6. The van der Waals surface area contributed by atoms with Crippen LogP contribution < -0.4 is 0 Å². The summed E-state index contributed by atoms with van der Waals surface area (Å²) in [6.07, 6.45) is 1.81. The first-order valence-corrected chi connectivity index (χ1v) is 12.0. The number of aromatic nitrogens is 2. The number of rotatable bonds is 5. The fourth-order valence-corrected chi connectivity index (χ4v) is 8.38. The average molecular weight is 456 g/mol. The second kappa shape index (κ2) is 7.04. The SMILES string of the molecule is C=CC[C@@]1(OC)C(=S)N2C(C(=O)C(C)(C)C)=C(C)C(c3nnc(C)s3)S(=O)(=O)[C@@H]21. The van der Waals surface area contributed by atoms with Crippen molar-refractivity contribution in [3.63, 3.8) is 0 Å². The van der Waals surface area contributed by atoms with E-state index in [0.29, 0.717) is 21.3 Å². The second-order valence-electron chi connectivity index (χ2n) is 8.35. The highest BCUT2D eigenvalue weighted by molar-refractivity contribution is 7.93. The Balaban J connectivity index is 2.32. The molecule has 0 saturated carbocycles. The molecule has 1 aromatic heterocycles. The van der Waals surface area contributed by atoms with Crippen molar-refractivity contribution >= 4 is 44.2 Å². The maximum absolute atomic E-state index is 13.8. The number of Topliss-reactive ketones (excluding diaryl/α,β-unsaturated/α-hetero) is 1. The van der Waals surface area contributed by atoms with Crippen molar-refractivity contribution < 1.29 is 17.9 Å². The molecule has 158 valence electrons. The van der Waals surface area contributed by atoms with Crippen molar-refractivity contribution in [3.05, 3.63) is 33.9 Å². The number of ketones is 1. The van der Waals surface area contributed by atoms with Gasteiger partial charge in [-0.15, -0.1) is 28.1 Å². The minimum atomic E-state index is -3.88. The van der Waals surface area contributed by atoms with Crippen LogP contribution in [0.3, 0.4) is 0 Å². The molecular formula is C19H25N3O4S3. The van der Waals surface area contributed by atoms with Crippen LogP contribution in [0.25, 0.3) is 0 Å². The number of thiocarbonyl (C=S) groups is 1. The van der Waals surface area contributed by atoms with Gasteiger partial charge in [-0.1, -0.05) is 39.1 Å². The van der Waals surface area contributed by atoms with E-state index < -0.39 is 31.5 Å². The van der Waals surface area contributed by atoms with Gasteiger partial charge in [0.2, 0.25) is 0 Å². The van der Waals surface area contributed by atoms with Gasteiger partial charge in [0.15, 0.2) is 26.6 Å². The number of ether oxygens (including phenoxy) is 1. The minimum absolute atomic E-state index is 0.174. The molecule has 0 spiro atoms. The Hall–Kier alpha value is -1.49. The lowest BCUT2D eigenvalue weighted by Gasteiger charge is -2.59. The first-order chi connectivity index (χ1) is 13.3. The normalized spacial score (nSPS) is 28.8. The van der Waals surface area contributed by atoms with Crippen LogP contribution in [0, 0.1) is 12.3 Å². The topological polar surface area (TPSA) is 89.5 Å². The zero-order valence-electron chi connectivity index (χ0n) is 17.3. The third-order valence-corrected chi connectivity index (χ3v) is 9.38. The van der Waals surface area contributed by atoms with Gasteiger partial charge in [-0.05, 0) is 19.4 Å². The van der Waals surface area contributed by atoms with Crippen LogP contribution >= 0.6 is 23.6 Å². The molecule has 0 aliphatic carbocycles. The molecule has 1 aromatic rings. The molecule has 1 unspecified atom stereocenters. The zero-order chi connectivity index (χ0) is 21.9. The van der Waals surface area contributed by atoms with Gasteiger partial charge in [0.25, 0.3) is 0 Å². The van der Waals surface area contributed by atoms with E-state index in [1.165, 1.54) is 23.3 Å². The Labute approximate surface area is 180 Å². The number of fused-ring (bicyclic) bond motifs is 1. The van der Waals surface area contributed by atoms with Crippen LogP contribution in [0.1, 0.15) is 49.4 Å². The molecule has 3 atom stereocenters. The Bertz CT molecular complexity index is 1040. The summed E-state index contributed by atoms with van der Waals surface area (Å²) < 4.78 is 33.2. The first-order valence-electron chi connectivity index (χ1n) is 9.12. The van der Waals surface area contributed by atoms with Gasteiger partial charge in [0, 0.05) is 18.9 Å². The number of allylic oxidation sites excluding steroid dienone is 1. The maximum atomic E-state index is 13.8. The number of nitrogens with zero attached hydrogens (tertiary/aromatic N) is 3. The first kappa shape index (κ1) is 22.2. The zero-order valence-corrected chi connectivity index (χ0v) is 19.8. The lowest BCUT2D eigenvalue weighted by atomic mass is 9.82. The Morgan fingerprint density at radius 2 is 2.00 bits per heavy atom. The summed E-state index contributed by atoms with van der Waals surface area (Å²) in [4.78, 5) is 15.1. The molecule has 2 aliphatic rings. The minimum Gasteiger partial charge on any atom is -0.367 e. The lowest BCUT2D eigenvalue weighted by molar-refractivity contribution is -0.125. The molecule has 3 heterocycles. The van der Waals surface area contributed by atoms with Gasteiger partial charge in [-0.2, -0.15) is 0 Å². The van der Waals surface area contributed by atoms with E-state index in [1.807, 2.05) is 0 Å². The van der Waals surface area contributed by atoms with Gasteiger partial charge in [-0.25, -0.2) is 8.42 Å². The van der Waals surface area contributed by atoms with E-state index in [9.17, 15) is 13.2 Å². The molecule has 0 N–H and O–H groups in total. The van der Waals surface area contributed by atoms with E-state index in [-0.39, 0.29) is 17.2 Å². The van der Waals surface area contributed by atoms with Gasteiger partial charge >= 0.3 is 0 Å². The summed E-state index contributed by atoms with van der Waals surface area (Å²) in [5.41, 5.74) is -1.22. The average Bonchev–Trinajstić information content (AvgIpc) is 3.03. The van der Waals surface area contributed by atoms with Crippen molar-refractivity contribution in [1.29, 1.82) is 0 Å². The van der Waals surface area contributed by atoms with Gasteiger partial charge < -0.3 is 9.64 Å². The van der Waals surface area contributed by atoms with Crippen molar-refractivity contribution in [2.24, 2.45) is 5.41 Å². The molecule has 0 bridgehead atoms. The van der Waals surface area contributed by atoms with Crippen LogP contribution in [0.2, 0.25) is 0 Å². The Morgan fingerprint density at radius 3 is 2.45 bits per heavy atom. The molecule has 0 aromatic carbocycles. The van der Waals surface area contributed by atoms with Gasteiger partial charge in [-0.3, -0.25) is 4.79 Å². The molecular weight excluding hydrogens is 430 g/mol. The molecule has 2 aliphatic heterocycles. The fourth-order valence-electron chi connectivity index (χ4n) is 3.94. The quantitative estimate of drug-likeness (QED) is 0.494. The third-order valence-electron chi connectivity index (χ3n) is 5.34. The number of methoxy groups -OCH3 is 1. The van der Waals surface area contributed by atoms with Crippen LogP contribution in [0.15, 0.2) is 23.9 Å². The molecule has 0 radical (unpaired) electrons. The number of sulfone groups is 1. The van der Waals surface area contributed by atoms with Crippen molar-refractivity contribution in [1.82, 2.24) is 15.1 Å². The summed E-state index contributed by atoms with van der Waals surface area (Å²) >= 11 is 6.80. The van der Waals surface area contributed by atoms with Crippen LogP contribution in [0.4, 0.5) is 0 Å². The summed E-state index contributed by atoms with van der Waals surface area (Å²) in [7, 11) is -2.44. The molecule has 7 nitrogen and oxygen atoms in total. The molecule has 0 amide bonds. The van der Waals surface area contributed by atoms with E-state index in [1.54, 1.807) is 40.7 Å². The Morgan fingerprint density at radius 1 is 1.38 bits per heavy atom. The summed E-state index contributed by atoms with van der Waals surface area (Å²) in [5, 5.41) is 6.90. The van der Waals surface area contributed by atoms with Crippen molar-refractivity contribution in [2.75, 3.05) is 7.11 Å². The van der Waals surface area contributed by atoms with Crippen molar-refractivity contribution in [2.45, 2.75) is 57.3 Å². The molecule has 1 saturated heterocycles. The molecule has 1 fully saturated rings. The van der Waals surface area contributed by atoms with Crippen molar-refractivity contribution in [3.8, 4) is 0 Å². The number of hydrogen-bond donors (Lipinski definition) is 0. The molecule has 29 heavy (non-hydrogen) atoms. The predicted molar refractivity (Wildman–Crippen MR) is 116 cm³/mol. The number of carbonyl (C=O) groups is 1. The number of carbonyl (C=O) groups excluding carboxylic acids is 1. The van der Waals surface area contributed by atoms with E-state index in [0.717, 1.165) is 0 Å². The highest BCUT2D eigenvalue weighted by atomic mass is 32.2. The molecule has 3 rings (SSSR count). The predicted octanol–water partition coefficient (Wildman–Crippen LogP) is 3.14. The van der Waals surface area contributed by atoms with Gasteiger partial charge in [0.1, 0.15) is 20.3 Å². The lowest BCUT2D eigenvalue weighted by Crippen LogP contribution is -2.78. The Kier molecular flexibility index (Phi) is 5.39. The van der Waals surface area contributed by atoms with E-state index in [4.69, 9.17) is 17.0 Å². The van der Waals surface area contributed by atoms with Crippen LogP contribution in [0.5, 0.6) is 0 Å². The van der Waals surface area contributed by atoms with E-state index in [2.05, 4.69) is 16.8 Å². The summed E-state index contributed by atoms with van der Waals surface area (Å²) in [6, 6.07) is 0. The monoisotopic (exact) mass is 455 g/mol.